The summed E-state index contributed by atoms with van der Waals surface area (Å²) in [5.41, 5.74) is 16.7. The predicted molar refractivity (Wildman–Crippen MR) is 236 cm³/mol. The van der Waals surface area contributed by atoms with Gasteiger partial charge in [-0.2, -0.15) is 0 Å². The molecule has 0 saturated heterocycles. The van der Waals surface area contributed by atoms with Crippen LogP contribution in [-0.4, -0.2) is 0 Å². The molecule has 56 heavy (non-hydrogen) atoms. The Morgan fingerprint density at radius 3 is 1.91 bits per heavy atom. The van der Waals surface area contributed by atoms with Crippen molar-refractivity contribution in [3.63, 3.8) is 0 Å². The second-order valence-electron chi connectivity index (χ2n) is 18.2. The van der Waals surface area contributed by atoms with E-state index in [-0.39, 0.29) is 16.2 Å². The average Bonchev–Trinajstić information content (AvgIpc) is 3.82. The molecule has 10 rings (SSSR count). The van der Waals surface area contributed by atoms with Crippen LogP contribution >= 0.6 is 0 Å². The number of benzene rings is 7. The molecule has 0 atom stereocenters. The van der Waals surface area contributed by atoms with Gasteiger partial charge in [-0.1, -0.05) is 146 Å². The molecule has 0 unspecified atom stereocenters. The van der Waals surface area contributed by atoms with E-state index in [1.807, 2.05) is 12.1 Å². The summed E-state index contributed by atoms with van der Waals surface area (Å²) < 4.78 is 13.4. The van der Waals surface area contributed by atoms with E-state index in [4.69, 9.17) is 8.83 Å². The molecule has 0 saturated carbocycles. The van der Waals surface area contributed by atoms with Gasteiger partial charge in [0.1, 0.15) is 22.3 Å². The molecule has 276 valence electrons. The highest BCUT2D eigenvalue weighted by Gasteiger charge is 2.36. The van der Waals surface area contributed by atoms with Gasteiger partial charge in [0.25, 0.3) is 0 Å². The van der Waals surface area contributed by atoms with Gasteiger partial charge >= 0.3 is 0 Å². The fraction of sp³-hybridized carbons (Fsp3) is 0.208. The molecule has 2 heterocycles. The molecule has 1 aliphatic carbocycles. The van der Waals surface area contributed by atoms with Gasteiger partial charge in [-0.05, 0) is 92.7 Å². The van der Waals surface area contributed by atoms with Crippen LogP contribution < -0.4 is 4.90 Å². The minimum atomic E-state index is -0.139. The van der Waals surface area contributed by atoms with Gasteiger partial charge in [-0.15, -0.1) is 0 Å². The van der Waals surface area contributed by atoms with Gasteiger partial charge in [-0.3, -0.25) is 0 Å². The molecule has 0 N–H and O–H groups in total. The third-order valence-electron chi connectivity index (χ3n) is 12.2. The van der Waals surface area contributed by atoms with E-state index in [1.54, 1.807) is 0 Å². The van der Waals surface area contributed by atoms with Gasteiger partial charge in [0, 0.05) is 44.1 Å². The fourth-order valence-electron chi connectivity index (χ4n) is 9.11. The fourth-order valence-corrected chi connectivity index (χ4v) is 9.11. The summed E-state index contributed by atoms with van der Waals surface area (Å²) in [5.74, 6) is 0. The monoisotopic (exact) mass is 729 g/mol. The average molecular weight is 730 g/mol. The van der Waals surface area contributed by atoms with E-state index in [1.165, 1.54) is 33.4 Å². The van der Waals surface area contributed by atoms with Crippen LogP contribution in [0.25, 0.3) is 66.1 Å². The summed E-state index contributed by atoms with van der Waals surface area (Å²) in [7, 11) is 0. The molecule has 0 fully saturated rings. The number of anilines is 3. The summed E-state index contributed by atoms with van der Waals surface area (Å²) in [5, 5.41) is 4.55. The van der Waals surface area contributed by atoms with Crippen LogP contribution in [0.15, 0.2) is 148 Å². The second kappa shape index (κ2) is 12.0. The normalized spacial score (nSPS) is 13.9. The Labute approximate surface area is 329 Å². The van der Waals surface area contributed by atoms with Crippen molar-refractivity contribution in [2.24, 2.45) is 0 Å². The van der Waals surface area contributed by atoms with Crippen LogP contribution in [0.2, 0.25) is 0 Å². The lowest BCUT2D eigenvalue weighted by molar-refractivity contribution is 0.559. The Balaban J connectivity index is 1.21. The van der Waals surface area contributed by atoms with Crippen molar-refractivity contribution in [3.8, 4) is 22.3 Å². The molecular formula is C53H47NO2. The van der Waals surface area contributed by atoms with E-state index in [0.29, 0.717) is 0 Å². The van der Waals surface area contributed by atoms with Gasteiger partial charge in [0.05, 0.1) is 11.1 Å². The van der Waals surface area contributed by atoms with Crippen LogP contribution in [0, 0.1) is 0 Å². The summed E-state index contributed by atoms with van der Waals surface area (Å²) in [4.78, 5) is 2.43. The molecule has 1 aliphatic rings. The number of para-hydroxylation sites is 2. The maximum atomic E-state index is 6.90. The molecule has 2 aromatic heterocycles. The zero-order chi connectivity index (χ0) is 38.7. The van der Waals surface area contributed by atoms with Crippen molar-refractivity contribution in [1.82, 2.24) is 0 Å². The standard InChI is InChI=1S/C53H47NO2/c1-51(2,3)33-29-41-48-45(20-14-22-47(48)56-50(41)44(30-33)52(4,5)6)54(35-27-28-38-37-15-9-11-19-42(37)53(7,8)43(38)31-35)34-25-23-32(24-26-34)36-17-13-18-40-39-16-10-12-21-46(39)55-49(36)40/h9-31H,1-8H3. The molecule has 9 aromatic rings. The van der Waals surface area contributed by atoms with Crippen molar-refractivity contribution >= 4 is 60.9 Å². The molecular weight excluding hydrogens is 683 g/mol. The van der Waals surface area contributed by atoms with E-state index in [0.717, 1.165) is 72.1 Å². The highest BCUT2D eigenvalue weighted by Crippen LogP contribution is 2.52. The number of hydrogen-bond acceptors (Lipinski definition) is 3. The number of hydrogen-bond donors (Lipinski definition) is 0. The summed E-state index contributed by atoms with van der Waals surface area (Å²) in [6, 6.07) is 50.9. The maximum Gasteiger partial charge on any atom is 0.143 e. The smallest absolute Gasteiger partial charge is 0.143 e. The van der Waals surface area contributed by atoms with Crippen LogP contribution in [0.1, 0.15) is 77.6 Å². The molecule has 3 nitrogen and oxygen atoms in total. The van der Waals surface area contributed by atoms with Crippen molar-refractivity contribution in [1.29, 1.82) is 0 Å². The molecule has 0 aliphatic heterocycles. The summed E-state index contributed by atoms with van der Waals surface area (Å²) in [6.45, 7) is 18.5. The second-order valence-corrected chi connectivity index (χ2v) is 18.2. The van der Waals surface area contributed by atoms with E-state index >= 15 is 0 Å². The van der Waals surface area contributed by atoms with Crippen LogP contribution in [0.3, 0.4) is 0 Å². The minimum absolute atomic E-state index is 0.0362. The Bertz CT molecular complexity index is 3010. The molecule has 0 radical (unpaired) electrons. The zero-order valence-electron chi connectivity index (χ0n) is 33.5. The quantitative estimate of drug-likeness (QED) is 0.181. The van der Waals surface area contributed by atoms with Gasteiger partial charge in [0.2, 0.25) is 0 Å². The molecule has 3 heteroatoms. The first-order chi connectivity index (χ1) is 26.8. The molecule has 7 aromatic carbocycles. The lowest BCUT2D eigenvalue weighted by Crippen LogP contribution is -2.17. The first-order valence-electron chi connectivity index (χ1n) is 19.8. The van der Waals surface area contributed by atoms with E-state index in [9.17, 15) is 0 Å². The topological polar surface area (TPSA) is 29.5 Å². The third kappa shape index (κ3) is 5.17. The maximum absolute atomic E-state index is 6.90. The third-order valence-corrected chi connectivity index (χ3v) is 12.2. The van der Waals surface area contributed by atoms with Gasteiger partial charge in [0.15, 0.2) is 0 Å². The molecule has 0 bridgehead atoms. The minimum Gasteiger partial charge on any atom is -0.456 e. The van der Waals surface area contributed by atoms with Crippen LogP contribution in [0.4, 0.5) is 17.1 Å². The lowest BCUT2D eigenvalue weighted by Gasteiger charge is -2.29. The first kappa shape index (κ1) is 34.4. The Kier molecular flexibility index (Phi) is 7.36. The molecule has 0 amide bonds. The van der Waals surface area contributed by atoms with Gasteiger partial charge in [-0.25, -0.2) is 0 Å². The Morgan fingerprint density at radius 2 is 1.12 bits per heavy atom. The number of nitrogens with zero attached hydrogens (tertiary/aromatic N) is 1. The van der Waals surface area contributed by atoms with Crippen molar-refractivity contribution in [2.75, 3.05) is 4.90 Å². The number of rotatable bonds is 4. The first-order valence-corrected chi connectivity index (χ1v) is 19.8. The SMILES string of the molecule is CC(C)(C)c1cc(C(C)(C)C)c2oc3cccc(N(c4ccc(-c5cccc6c5oc5ccccc56)cc4)c4ccc5c(c4)C(C)(C)c4ccccc4-5)c3c2c1. The number of furan rings is 2. The summed E-state index contributed by atoms with van der Waals surface area (Å²) in [6.07, 6.45) is 0. The number of fused-ring (bicyclic) bond motifs is 9. The van der Waals surface area contributed by atoms with Crippen molar-refractivity contribution in [2.45, 2.75) is 71.6 Å². The zero-order valence-corrected chi connectivity index (χ0v) is 33.5. The highest BCUT2D eigenvalue weighted by atomic mass is 16.3. The predicted octanol–water partition coefficient (Wildman–Crippen LogP) is 15.5. The van der Waals surface area contributed by atoms with Gasteiger partial charge < -0.3 is 13.7 Å². The van der Waals surface area contributed by atoms with Crippen molar-refractivity contribution < 1.29 is 8.83 Å². The summed E-state index contributed by atoms with van der Waals surface area (Å²) >= 11 is 0. The van der Waals surface area contributed by atoms with E-state index in [2.05, 4.69) is 188 Å². The lowest BCUT2D eigenvalue weighted by atomic mass is 9.79. The highest BCUT2D eigenvalue weighted by molar-refractivity contribution is 6.15. The van der Waals surface area contributed by atoms with E-state index < -0.39 is 0 Å². The van der Waals surface area contributed by atoms with Crippen LogP contribution in [-0.2, 0) is 16.2 Å². The Hall–Kier alpha value is -6.06. The molecule has 0 spiro atoms. The Morgan fingerprint density at radius 1 is 0.482 bits per heavy atom. The van der Waals surface area contributed by atoms with Crippen molar-refractivity contribution in [3.05, 3.63) is 162 Å². The largest absolute Gasteiger partial charge is 0.456 e. The van der Waals surface area contributed by atoms with Crippen LogP contribution in [0.5, 0.6) is 0 Å².